The van der Waals surface area contributed by atoms with Gasteiger partial charge in [-0.05, 0) is 56.2 Å². The van der Waals surface area contributed by atoms with Gasteiger partial charge in [0.25, 0.3) is 12.3 Å². The molecular weight excluding hydrogens is 791 g/mol. The predicted octanol–water partition coefficient (Wildman–Crippen LogP) is 2.81. The van der Waals surface area contributed by atoms with Gasteiger partial charge in [-0.15, -0.1) is 0 Å². The number of fused-ring (bicyclic) bond motifs is 2. The lowest BCUT2D eigenvalue weighted by Gasteiger charge is -2.37. The van der Waals surface area contributed by atoms with Gasteiger partial charge in [-0.25, -0.2) is 23.1 Å². The number of imidazole rings is 1. The van der Waals surface area contributed by atoms with Gasteiger partial charge in [0.15, 0.2) is 11.3 Å². The third-order valence-electron chi connectivity index (χ3n) is 12.5. The Morgan fingerprint density at radius 1 is 1.05 bits per heavy atom. The van der Waals surface area contributed by atoms with Gasteiger partial charge < -0.3 is 20.3 Å². The number of morpholine rings is 1. The number of benzene rings is 1. The molecule has 19 heteroatoms. The normalized spacial score (nSPS) is 23.0. The number of carbonyl (C=O) groups excluding carboxylic acids is 3. The molecule has 4 aliphatic rings. The van der Waals surface area contributed by atoms with Crippen LogP contribution in [0.1, 0.15) is 90.4 Å². The second-order valence-electron chi connectivity index (χ2n) is 16.3. The first-order valence-corrected chi connectivity index (χ1v) is 20.9. The highest BCUT2D eigenvalue weighted by molar-refractivity contribution is 6.08. The molecule has 9 rings (SSSR count). The van der Waals surface area contributed by atoms with E-state index in [-0.39, 0.29) is 47.8 Å². The average molecular weight is 839 g/mol. The number of piperidine rings is 1. The maximum atomic E-state index is 14.3. The maximum Gasteiger partial charge on any atom is 0.329 e. The SMILES string of the molecule is Cn1c(=O)n(C2CCC(=O)NC2=O)c2cccc(C#CCN3CCN(CC4CCC(n5cc(NC(=O)c6cnn7ccc(C8COCCN8)nc67)c(C(F)F)n5)CC4)CC3)c21. The Balaban J connectivity index is 0.768. The molecule has 0 spiro atoms. The lowest BCUT2D eigenvalue weighted by atomic mass is 9.85. The minimum Gasteiger partial charge on any atom is -0.378 e. The second kappa shape index (κ2) is 17.3. The number of ether oxygens (including phenoxy) is 1. The minimum atomic E-state index is -2.87. The number of hydrogen-bond donors (Lipinski definition) is 3. The van der Waals surface area contributed by atoms with Crippen molar-refractivity contribution in [3.63, 3.8) is 0 Å². The standard InChI is InChI=1S/C42H48F2N12O5/c1-51-37-27(4-2-6-33(37)56(42(51)60)34-11-12-35(57)49-41(34)59)5-3-15-52-17-19-53(20-18-52)23-26-7-9-28(10-8-26)55-24-31(36(50-55)38(43)44)48-40(58)29-22-46-54-16-13-30(47-39(29)54)32-25-61-21-14-45-32/h2,4,6,13,16,22,24,26,28,32,34,38,45H,7-12,14-15,17-21,23,25H2,1H3,(H,48,58)(H,49,57,59). The number of piperazine rings is 1. The average Bonchev–Trinajstić information content (AvgIpc) is 3.96. The monoisotopic (exact) mass is 838 g/mol. The van der Waals surface area contributed by atoms with E-state index in [2.05, 4.69) is 52.8 Å². The molecule has 5 aromatic rings. The van der Waals surface area contributed by atoms with Crippen LogP contribution in [0.15, 0.2) is 47.7 Å². The molecule has 0 bridgehead atoms. The summed E-state index contributed by atoms with van der Waals surface area (Å²) in [5, 5.41) is 16.9. The molecule has 320 valence electrons. The first-order chi connectivity index (χ1) is 29.6. The molecule has 2 unspecified atom stereocenters. The molecule has 3 N–H and O–H groups in total. The summed E-state index contributed by atoms with van der Waals surface area (Å²) in [6.45, 7) is 6.86. The van der Waals surface area contributed by atoms with Crippen LogP contribution in [0.5, 0.6) is 0 Å². The van der Waals surface area contributed by atoms with Crippen LogP contribution in [-0.2, 0) is 21.4 Å². The van der Waals surface area contributed by atoms with E-state index in [9.17, 15) is 28.0 Å². The van der Waals surface area contributed by atoms with Gasteiger partial charge in [-0.3, -0.25) is 38.4 Å². The van der Waals surface area contributed by atoms with Crippen molar-refractivity contribution in [1.29, 1.82) is 0 Å². The quantitative estimate of drug-likeness (QED) is 0.147. The van der Waals surface area contributed by atoms with Crippen LogP contribution in [0.25, 0.3) is 16.7 Å². The van der Waals surface area contributed by atoms with Crippen LogP contribution in [0.4, 0.5) is 14.5 Å². The molecule has 1 aliphatic carbocycles. The molecule has 4 aromatic heterocycles. The van der Waals surface area contributed by atoms with Crippen molar-refractivity contribution in [2.24, 2.45) is 13.0 Å². The smallest absolute Gasteiger partial charge is 0.329 e. The van der Waals surface area contributed by atoms with E-state index in [4.69, 9.17) is 4.74 Å². The van der Waals surface area contributed by atoms with Gasteiger partial charge in [0, 0.05) is 65.1 Å². The number of imide groups is 1. The summed E-state index contributed by atoms with van der Waals surface area (Å²) >= 11 is 0. The lowest BCUT2D eigenvalue weighted by Crippen LogP contribution is -2.48. The van der Waals surface area contributed by atoms with Crippen LogP contribution in [0, 0.1) is 17.8 Å². The zero-order chi connectivity index (χ0) is 42.2. The van der Waals surface area contributed by atoms with Crippen molar-refractivity contribution in [1.82, 2.24) is 53.9 Å². The summed E-state index contributed by atoms with van der Waals surface area (Å²) in [5.41, 5.74) is 2.37. The Morgan fingerprint density at radius 3 is 2.61 bits per heavy atom. The highest BCUT2D eigenvalue weighted by Gasteiger charge is 2.32. The molecule has 3 aliphatic heterocycles. The first-order valence-electron chi connectivity index (χ1n) is 20.9. The molecule has 3 amide bonds. The number of nitrogens with zero attached hydrogens (tertiary/aromatic N) is 9. The van der Waals surface area contributed by atoms with E-state index < -0.39 is 30.0 Å². The van der Waals surface area contributed by atoms with Crippen LogP contribution in [0.2, 0.25) is 0 Å². The summed E-state index contributed by atoms with van der Waals surface area (Å²) in [5.74, 6) is 5.66. The third-order valence-corrected chi connectivity index (χ3v) is 12.5. The number of carbonyl (C=O) groups is 3. The molecule has 2 atom stereocenters. The van der Waals surface area contributed by atoms with Gasteiger partial charge in [-0.2, -0.15) is 10.2 Å². The Kier molecular flexibility index (Phi) is 11.5. The van der Waals surface area contributed by atoms with Gasteiger partial charge in [-0.1, -0.05) is 17.9 Å². The van der Waals surface area contributed by atoms with Crippen molar-refractivity contribution < 1.29 is 27.9 Å². The largest absolute Gasteiger partial charge is 0.378 e. The van der Waals surface area contributed by atoms with Crippen LogP contribution >= 0.6 is 0 Å². The minimum absolute atomic E-state index is 0.0194. The van der Waals surface area contributed by atoms with Gasteiger partial charge >= 0.3 is 5.69 Å². The number of aryl methyl sites for hydroxylation is 1. The topological polar surface area (TPSA) is 178 Å². The van der Waals surface area contributed by atoms with Crippen molar-refractivity contribution in [3.05, 3.63) is 75.9 Å². The van der Waals surface area contributed by atoms with Crippen LogP contribution in [0.3, 0.4) is 0 Å². The summed E-state index contributed by atoms with van der Waals surface area (Å²) in [6, 6.07) is 6.40. The van der Waals surface area contributed by atoms with Gasteiger partial charge in [0.2, 0.25) is 11.8 Å². The molecule has 17 nitrogen and oxygen atoms in total. The Morgan fingerprint density at radius 2 is 1.85 bits per heavy atom. The van der Waals surface area contributed by atoms with Crippen molar-refractivity contribution in [2.45, 2.75) is 63.1 Å². The highest BCUT2D eigenvalue weighted by Crippen LogP contribution is 2.35. The van der Waals surface area contributed by atoms with E-state index in [1.807, 2.05) is 18.2 Å². The van der Waals surface area contributed by atoms with Crippen LogP contribution < -0.4 is 21.6 Å². The molecule has 1 aromatic carbocycles. The second-order valence-corrected chi connectivity index (χ2v) is 16.3. The number of para-hydroxylation sites is 1. The highest BCUT2D eigenvalue weighted by atomic mass is 19.3. The third kappa shape index (κ3) is 8.32. The van der Waals surface area contributed by atoms with Crippen molar-refractivity contribution >= 4 is 40.1 Å². The number of anilines is 1. The molecule has 4 fully saturated rings. The van der Waals surface area contributed by atoms with Crippen molar-refractivity contribution in [3.8, 4) is 11.8 Å². The van der Waals surface area contributed by atoms with Gasteiger partial charge in [0.1, 0.15) is 11.6 Å². The Labute approximate surface area is 349 Å². The molecule has 3 saturated heterocycles. The summed E-state index contributed by atoms with van der Waals surface area (Å²) < 4.78 is 40.1. The van der Waals surface area contributed by atoms with Crippen LogP contribution in [-0.4, -0.2) is 120 Å². The fourth-order valence-electron chi connectivity index (χ4n) is 9.13. The Bertz CT molecular complexity index is 2580. The zero-order valence-electron chi connectivity index (χ0n) is 33.9. The number of halogens is 2. The predicted molar refractivity (Wildman–Crippen MR) is 219 cm³/mol. The number of amides is 3. The molecule has 0 radical (unpaired) electrons. The van der Waals surface area contributed by atoms with E-state index in [0.29, 0.717) is 60.2 Å². The number of rotatable bonds is 9. The molecule has 7 heterocycles. The van der Waals surface area contributed by atoms with E-state index in [1.165, 1.54) is 26.0 Å². The zero-order valence-corrected chi connectivity index (χ0v) is 33.9. The number of alkyl halides is 2. The lowest BCUT2D eigenvalue weighted by molar-refractivity contribution is -0.135. The fourth-order valence-corrected chi connectivity index (χ4v) is 9.13. The van der Waals surface area contributed by atoms with E-state index in [0.717, 1.165) is 58.4 Å². The molecule has 61 heavy (non-hydrogen) atoms. The summed E-state index contributed by atoms with van der Waals surface area (Å²) in [4.78, 5) is 60.5. The fraction of sp³-hybridized carbons (Fsp3) is 0.500. The first kappa shape index (κ1) is 40.6. The van der Waals surface area contributed by atoms with E-state index in [1.54, 1.807) is 24.0 Å². The van der Waals surface area contributed by atoms with Crippen molar-refractivity contribution in [2.75, 3.05) is 64.3 Å². The Hall–Kier alpha value is -5.81. The number of aromatic nitrogens is 7. The molecular formula is C42H48F2N12O5. The number of nitrogens with one attached hydrogen (secondary N) is 3. The molecule has 1 saturated carbocycles. The van der Waals surface area contributed by atoms with Gasteiger partial charge in [0.05, 0.1) is 66.0 Å². The summed E-state index contributed by atoms with van der Waals surface area (Å²) in [6.07, 6.45) is 5.69. The maximum absolute atomic E-state index is 14.3. The summed E-state index contributed by atoms with van der Waals surface area (Å²) in [7, 11) is 1.67. The number of hydrogen-bond acceptors (Lipinski definition) is 11. The van der Waals surface area contributed by atoms with E-state index >= 15 is 0 Å².